The van der Waals surface area contributed by atoms with E-state index in [1.165, 1.54) is 12.0 Å². The Balaban J connectivity index is 0.00000338. The molecule has 1 aromatic carbocycles. The van der Waals surface area contributed by atoms with E-state index in [2.05, 4.69) is 36.6 Å². The van der Waals surface area contributed by atoms with Crippen LogP contribution in [0.3, 0.4) is 0 Å². The number of nitrogens with zero attached hydrogens (tertiary/aromatic N) is 1. The van der Waals surface area contributed by atoms with Crippen molar-refractivity contribution < 1.29 is 9.84 Å². The lowest BCUT2D eigenvalue weighted by Crippen LogP contribution is -2.42. The van der Waals surface area contributed by atoms with E-state index in [4.69, 9.17) is 9.73 Å². The maximum atomic E-state index is 10.3. The average Bonchev–Trinajstić information content (AvgIpc) is 2.63. The second-order valence-corrected chi connectivity index (χ2v) is 7.14. The Morgan fingerprint density at radius 2 is 2.00 bits per heavy atom. The van der Waals surface area contributed by atoms with Crippen LogP contribution in [0, 0.1) is 5.41 Å². The molecule has 1 aromatic rings. The van der Waals surface area contributed by atoms with Crippen molar-refractivity contribution >= 4 is 29.9 Å². The van der Waals surface area contributed by atoms with E-state index < -0.39 is 0 Å². The maximum absolute atomic E-state index is 10.3. The Hall–Kier alpha value is -1.02. The molecule has 0 aliphatic heterocycles. The molecule has 0 spiro atoms. The average molecular weight is 475 g/mol. The lowest BCUT2D eigenvalue weighted by Gasteiger charge is -2.37. The van der Waals surface area contributed by atoms with Crippen LogP contribution >= 0.6 is 24.0 Å². The lowest BCUT2D eigenvalue weighted by atomic mass is 9.73. The van der Waals surface area contributed by atoms with Crippen LogP contribution < -0.4 is 15.4 Å². The first-order chi connectivity index (χ1) is 12.1. The van der Waals surface area contributed by atoms with Gasteiger partial charge in [0.2, 0.25) is 0 Å². The van der Waals surface area contributed by atoms with Crippen LogP contribution in [0.2, 0.25) is 0 Å². The molecule has 3 N–H and O–H groups in total. The summed E-state index contributed by atoms with van der Waals surface area (Å²) in [5.74, 6) is 1.71. The Kier molecular flexibility index (Phi) is 10.3. The van der Waals surface area contributed by atoms with Gasteiger partial charge in [0.1, 0.15) is 5.75 Å². The lowest BCUT2D eigenvalue weighted by molar-refractivity contribution is 0.00716. The highest BCUT2D eigenvalue weighted by atomic mass is 127. The quantitative estimate of drug-likeness (QED) is 0.322. The van der Waals surface area contributed by atoms with Gasteiger partial charge in [0, 0.05) is 18.5 Å². The third-order valence-corrected chi connectivity index (χ3v) is 5.09. The third-order valence-electron chi connectivity index (χ3n) is 5.09. The summed E-state index contributed by atoms with van der Waals surface area (Å²) in [7, 11) is 1.68. The number of nitrogens with one attached hydrogen (secondary N) is 2. The van der Waals surface area contributed by atoms with Crippen molar-refractivity contribution in [1.82, 2.24) is 10.6 Å². The summed E-state index contributed by atoms with van der Waals surface area (Å²) in [5.41, 5.74) is 1.16. The fourth-order valence-electron chi connectivity index (χ4n) is 3.28. The monoisotopic (exact) mass is 475 g/mol. The first kappa shape index (κ1) is 23.0. The number of guanidine groups is 1. The summed E-state index contributed by atoms with van der Waals surface area (Å²) in [5, 5.41) is 17.0. The van der Waals surface area contributed by atoms with E-state index in [1.807, 2.05) is 12.1 Å². The maximum Gasteiger partial charge on any atom is 0.191 e. The number of aliphatic hydroxyl groups excluding tert-OH is 1. The van der Waals surface area contributed by atoms with Gasteiger partial charge in [0.25, 0.3) is 0 Å². The number of hydrogen-bond acceptors (Lipinski definition) is 3. The van der Waals surface area contributed by atoms with Crippen molar-refractivity contribution in [2.45, 2.75) is 52.1 Å². The van der Waals surface area contributed by atoms with Gasteiger partial charge in [-0.3, -0.25) is 4.99 Å². The van der Waals surface area contributed by atoms with Crippen LogP contribution in [0.1, 0.15) is 45.1 Å². The highest BCUT2D eigenvalue weighted by Crippen LogP contribution is 2.36. The van der Waals surface area contributed by atoms with Crippen LogP contribution in [0.15, 0.2) is 29.3 Å². The molecule has 0 amide bonds. The second kappa shape index (κ2) is 11.6. The molecule has 6 heteroatoms. The van der Waals surface area contributed by atoms with Crippen LogP contribution in [-0.2, 0) is 6.42 Å². The molecule has 0 aromatic heterocycles. The van der Waals surface area contributed by atoms with Crippen molar-refractivity contribution in [1.29, 1.82) is 0 Å². The molecule has 26 heavy (non-hydrogen) atoms. The number of aliphatic imine (C=N–C) groups is 1. The Morgan fingerprint density at radius 3 is 2.62 bits per heavy atom. The van der Waals surface area contributed by atoms with E-state index in [0.29, 0.717) is 6.54 Å². The molecular formula is C20H34IN3O2. The number of rotatable bonds is 7. The minimum absolute atomic E-state index is 0. The van der Waals surface area contributed by atoms with Crippen LogP contribution in [0.5, 0.6) is 5.75 Å². The van der Waals surface area contributed by atoms with E-state index in [0.717, 1.165) is 50.5 Å². The molecule has 2 rings (SSSR count). The summed E-state index contributed by atoms with van der Waals surface area (Å²) in [4.78, 5) is 4.73. The van der Waals surface area contributed by atoms with E-state index in [1.54, 1.807) is 7.11 Å². The third kappa shape index (κ3) is 6.95. The van der Waals surface area contributed by atoms with E-state index in [9.17, 15) is 5.11 Å². The van der Waals surface area contributed by atoms with Gasteiger partial charge in [-0.05, 0) is 43.9 Å². The molecule has 2 atom stereocenters. The van der Waals surface area contributed by atoms with Crippen molar-refractivity contribution in [2.75, 3.05) is 26.7 Å². The molecule has 5 nitrogen and oxygen atoms in total. The first-order valence-electron chi connectivity index (χ1n) is 9.40. The summed E-state index contributed by atoms with van der Waals surface area (Å²) in [6.45, 7) is 6.52. The predicted molar refractivity (Wildman–Crippen MR) is 119 cm³/mol. The number of methoxy groups -OCH3 is 1. The molecular weight excluding hydrogens is 441 g/mol. The molecule has 1 saturated carbocycles. The van der Waals surface area contributed by atoms with Crippen LogP contribution in [0.4, 0.5) is 0 Å². The van der Waals surface area contributed by atoms with Gasteiger partial charge in [-0.2, -0.15) is 0 Å². The molecule has 0 saturated heterocycles. The molecule has 0 bridgehead atoms. The van der Waals surface area contributed by atoms with Gasteiger partial charge in [0.15, 0.2) is 5.96 Å². The van der Waals surface area contributed by atoms with Gasteiger partial charge >= 0.3 is 0 Å². The largest absolute Gasteiger partial charge is 0.497 e. The molecule has 148 valence electrons. The standard InChI is InChI=1S/C20H33N3O2.HI/c1-4-21-19(23-15-20(2)13-6-5-7-18(20)24)22-14-12-16-8-10-17(25-3)11-9-16;/h8-11,18,24H,4-7,12-15H2,1-3H3,(H2,21,22,23);1H. The summed E-state index contributed by atoms with van der Waals surface area (Å²) >= 11 is 0. The zero-order valence-corrected chi connectivity index (χ0v) is 18.6. The highest BCUT2D eigenvalue weighted by Gasteiger charge is 2.35. The Bertz CT molecular complexity index is 550. The van der Waals surface area contributed by atoms with Crippen molar-refractivity contribution in [2.24, 2.45) is 10.4 Å². The Labute approximate surface area is 175 Å². The predicted octanol–water partition coefficient (Wildman–Crippen LogP) is 3.35. The fraction of sp³-hybridized carbons (Fsp3) is 0.650. The van der Waals surface area contributed by atoms with Gasteiger partial charge in [-0.25, -0.2) is 0 Å². The normalized spacial score (nSPS) is 23.1. The van der Waals surface area contributed by atoms with Gasteiger partial charge in [0.05, 0.1) is 19.8 Å². The van der Waals surface area contributed by atoms with Crippen molar-refractivity contribution in [3.05, 3.63) is 29.8 Å². The van der Waals surface area contributed by atoms with Crippen LogP contribution in [0.25, 0.3) is 0 Å². The van der Waals surface area contributed by atoms with Crippen molar-refractivity contribution in [3.63, 3.8) is 0 Å². The molecule has 0 radical (unpaired) electrons. The number of halogens is 1. The minimum Gasteiger partial charge on any atom is -0.497 e. The zero-order chi connectivity index (χ0) is 18.1. The molecule has 2 unspecified atom stereocenters. The zero-order valence-electron chi connectivity index (χ0n) is 16.3. The van der Waals surface area contributed by atoms with E-state index >= 15 is 0 Å². The molecule has 1 fully saturated rings. The van der Waals surface area contributed by atoms with E-state index in [-0.39, 0.29) is 35.5 Å². The topological polar surface area (TPSA) is 65.9 Å². The summed E-state index contributed by atoms with van der Waals surface area (Å²) in [6.07, 6.45) is 4.93. The number of benzene rings is 1. The number of ether oxygens (including phenoxy) is 1. The fourth-order valence-corrected chi connectivity index (χ4v) is 3.28. The smallest absolute Gasteiger partial charge is 0.191 e. The molecule has 1 aliphatic carbocycles. The van der Waals surface area contributed by atoms with Gasteiger partial charge in [-0.15, -0.1) is 24.0 Å². The number of hydrogen-bond donors (Lipinski definition) is 3. The minimum atomic E-state index is -0.243. The summed E-state index contributed by atoms with van der Waals surface area (Å²) < 4.78 is 5.19. The van der Waals surface area contributed by atoms with Crippen LogP contribution in [-0.4, -0.2) is 43.9 Å². The Morgan fingerprint density at radius 1 is 1.27 bits per heavy atom. The van der Waals surface area contributed by atoms with Crippen molar-refractivity contribution in [3.8, 4) is 5.75 Å². The second-order valence-electron chi connectivity index (χ2n) is 7.14. The highest BCUT2D eigenvalue weighted by molar-refractivity contribution is 14.0. The van der Waals surface area contributed by atoms with Gasteiger partial charge in [-0.1, -0.05) is 31.9 Å². The van der Waals surface area contributed by atoms with Gasteiger partial charge < -0.3 is 20.5 Å². The summed E-state index contributed by atoms with van der Waals surface area (Å²) in [6, 6.07) is 8.15. The SMILES string of the molecule is CCNC(=NCC1(C)CCCCC1O)NCCc1ccc(OC)cc1.I. The first-order valence-corrected chi connectivity index (χ1v) is 9.40. The number of aliphatic hydroxyl groups is 1. The molecule has 0 heterocycles. The molecule has 1 aliphatic rings.